The summed E-state index contributed by atoms with van der Waals surface area (Å²) in [6.45, 7) is 1.80. The summed E-state index contributed by atoms with van der Waals surface area (Å²) >= 11 is 0. The zero-order valence-electron chi connectivity index (χ0n) is 17.1. The zero-order chi connectivity index (χ0) is 20.3. The molecule has 0 spiro atoms. The van der Waals surface area contributed by atoms with Crippen LogP contribution in [0.4, 0.5) is 0 Å². The molecule has 4 aromatic carbocycles. The van der Waals surface area contributed by atoms with E-state index in [2.05, 4.69) is 102 Å². The van der Waals surface area contributed by atoms with E-state index >= 15 is 0 Å². The second-order valence-corrected chi connectivity index (χ2v) is 8.27. The molecule has 0 bridgehead atoms. The summed E-state index contributed by atoms with van der Waals surface area (Å²) in [6, 6.07) is 36.0. The number of fused-ring (bicyclic) bond motifs is 1. The molecule has 3 atom stereocenters. The van der Waals surface area contributed by atoms with E-state index in [1.165, 1.54) is 27.5 Å². The Labute approximate surface area is 178 Å². The predicted octanol–water partition coefficient (Wildman–Crippen LogP) is 5.93. The SMILES string of the molecule is OC1C(c2cccc3ccccc23)CCN(Cc2ccccc2)C1c1ccccc1. The number of aliphatic hydroxyl groups is 1. The van der Waals surface area contributed by atoms with Crippen molar-refractivity contribution < 1.29 is 5.11 Å². The monoisotopic (exact) mass is 393 g/mol. The van der Waals surface area contributed by atoms with E-state index in [1.54, 1.807) is 0 Å². The molecule has 1 heterocycles. The van der Waals surface area contributed by atoms with E-state index in [-0.39, 0.29) is 12.0 Å². The minimum absolute atomic E-state index is 0.0240. The first-order chi connectivity index (χ1) is 14.8. The Morgan fingerprint density at radius 2 is 1.40 bits per heavy atom. The first-order valence-electron chi connectivity index (χ1n) is 10.8. The normalized spacial score (nSPS) is 22.2. The number of aliphatic hydroxyl groups excluding tert-OH is 1. The maximum atomic E-state index is 11.7. The first-order valence-corrected chi connectivity index (χ1v) is 10.8. The Morgan fingerprint density at radius 3 is 2.20 bits per heavy atom. The zero-order valence-corrected chi connectivity index (χ0v) is 17.1. The molecule has 2 nitrogen and oxygen atoms in total. The Morgan fingerprint density at radius 1 is 0.733 bits per heavy atom. The van der Waals surface area contributed by atoms with Crippen molar-refractivity contribution in [1.29, 1.82) is 0 Å². The van der Waals surface area contributed by atoms with Gasteiger partial charge in [-0.1, -0.05) is 103 Å². The number of rotatable bonds is 4. The molecule has 3 unspecified atom stereocenters. The summed E-state index contributed by atoms with van der Waals surface area (Å²) in [4.78, 5) is 2.44. The van der Waals surface area contributed by atoms with Gasteiger partial charge < -0.3 is 5.11 Å². The van der Waals surface area contributed by atoms with Gasteiger partial charge in [0.2, 0.25) is 0 Å². The van der Waals surface area contributed by atoms with Crippen LogP contribution < -0.4 is 0 Å². The number of piperidine rings is 1. The highest BCUT2D eigenvalue weighted by molar-refractivity contribution is 5.86. The number of hydrogen-bond acceptors (Lipinski definition) is 2. The molecule has 0 aliphatic carbocycles. The van der Waals surface area contributed by atoms with Crippen molar-refractivity contribution in [1.82, 2.24) is 4.90 Å². The standard InChI is InChI=1S/C28H27NO/c30-28-26(25-17-9-15-22-12-7-8-16-24(22)25)18-19-29(20-21-10-3-1-4-11-21)27(28)23-13-5-2-6-14-23/h1-17,26-28,30H,18-20H2. The Hall–Kier alpha value is -2.94. The van der Waals surface area contributed by atoms with Crippen molar-refractivity contribution in [3.8, 4) is 0 Å². The van der Waals surface area contributed by atoms with Gasteiger partial charge in [-0.05, 0) is 40.4 Å². The van der Waals surface area contributed by atoms with Crippen LogP contribution in [0.25, 0.3) is 10.8 Å². The van der Waals surface area contributed by atoms with Gasteiger partial charge in [0.25, 0.3) is 0 Å². The molecule has 1 aliphatic heterocycles. The molecule has 30 heavy (non-hydrogen) atoms. The summed E-state index contributed by atoms with van der Waals surface area (Å²) in [7, 11) is 0. The van der Waals surface area contributed by atoms with Crippen molar-refractivity contribution in [3.05, 3.63) is 120 Å². The number of nitrogens with zero attached hydrogens (tertiary/aromatic N) is 1. The smallest absolute Gasteiger partial charge is 0.0806 e. The van der Waals surface area contributed by atoms with Gasteiger partial charge in [-0.3, -0.25) is 4.90 Å². The number of hydrogen-bond donors (Lipinski definition) is 1. The molecule has 0 aromatic heterocycles. The summed E-state index contributed by atoms with van der Waals surface area (Å²) < 4.78 is 0. The van der Waals surface area contributed by atoms with Crippen LogP contribution in [0.5, 0.6) is 0 Å². The Balaban J connectivity index is 1.53. The lowest BCUT2D eigenvalue weighted by atomic mass is 9.78. The van der Waals surface area contributed by atoms with Gasteiger partial charge in [-0.15, -0.1) is 0 Å². The third-order valence-electron chi connectivity index (χ3n) is 6.45. The fourth-order valence-electron chi connectivity index (χ4n) is 5.02. The van der Waals surface area contributed by atoms with Crippen LogP contribution in [0.15, 0.2) is 103 Å². The molecule has 0 saturated carbocycles. The molecular weight excluding hydrogens is 366 g/mol. The summed E-state index contributed by atoms with van der Waals surface area (Å²) in [5.41, 5.74) is 3.74. The van der Waals surface area contributed by atoms with Crippen LogP contribution in [-0.4, -0.2) is 22.7 Å². The summed E-state index contributed by atoms with van der Waals surface area (Å²) in [6.07, 6.45) is 0.487. The molecule has 1 N–H and O–H groups in total. The quantitative estimate of drug-likeness (QED) is 0.464. The first kappa shape index (κ1) is 19.0. The summed E-state index contributed by atoms with van der Waals surface area (Å²) in [5, 5.41) is 14.2. The van der Waals surface area contributed by atoms with Gasteiger partial charge in [-0.25, -0.2) is 0 Å². The van der Waals surface area contributed by atoms with Crippen molar-refractivity contribution in [2.75, 3.05) is 6.54 Å². The lowest BCUT2D eigenvalue weighted by Crippen LogP contribution is -2.45. The molecule has 0 radical (unpaired) electrons. The highest BCUT2D eigenvalue weighted by atomic mass is 16.3. The van der Waals surface area contributed by atoms with Gasteiger partial charge >= 0.3 is 0 Å². The third kappa shape index (κ3) is 3.65. The third-order valence-corrected chi connectivity index (χ3v) is 6.45. The van der Waals surface area contributed by atoms with E-state index in [0.29, 0.717) is 0 Å². The molecule has 0 amide bonds. The van der Waals surface area contributed by atoms with E-state index in [1.807, 2.05) is 6.07 Å². The van der Waals surface area contributed by atoms with Crippen LogP contribution in [0.1, 0.15) is 35.1 Å². The van der Waals surface area contributed by atoms with Gasteiger partial charge in [0.15, 0.2) is 0 Å². The van der Waals surface area contributed by atoms with Gasteiger partial charge in [-0.2, -0.15) is 0 Å². The van der Waals surface area contributed by atoms with Crippen LogP contribution in [0, 0.1) is 0 Å². The van der Waals surface area contributed by atoms with Gasteiger partial charge in [0.1, 0.15) is 0 Å². The van der Waals surface area contributed by atoms with E-state index in [4.69, 9.17) is 0 Å². The van der Waals surface area contributed by atoms with Crippen LogP contribution >= 0.6 is 0 Å². The second-order valence-electron chi connectivity index (χ2n) is 8.27. The predicted molar refractivity (Wildman–Crippen MR) is 123 cm³/mol. The van der Waals surface area contributed by atoms with Crippen molar-refractivity contribution in [3.63, 3.8) is 0 Å². The molecule has 2 heteroatoms. The minimum Gasteiger partial charge on any atom is -0.390 e. The van der Waals surface area contributed by atoms with Gasteiger partial charge in [0, 0.05) is 12.5 Å². The Kier molecular flexibility index (Phi) is 5.35. The maximum Gasteiger partial charge on any atom is 0.0806 e. The lowest BCUT2D eigenvalue weighted by Gasteiger charge is -2.44. The van der Waals surface area contributed by atoms with Crippen molar-refractivity contribution >= 4 is 10.8 Å². The lowest BCUT2D eigenvalue weighted by molar-refractivity contribution is -0.0107. The molecule has 1 fully saturated rings. The molecular formula is C28H27NO. The highest BCUT2D eigenvalue weighted by Crippen LogP contribution is 2.42. The fraction of sp³-hybridized carbons (Fsp3) is 0.214. The molecule has 1 saturated heterocycles. The van der Waals surface area contributed by atoms with Crippen LogP contribution in [0.3, 0.4) is 0 Å². The van der Waals surface area contributed by atoms with Gasteiger partial charge in [0.05, 0.1) is 12.1 Å². The fourth-order valence-corrected chi connectivity index (χ4v) is 5.02. The Bertz CT molecular complexity index is 1100. The van der Waals surface area contributed by atoms with E-state index in [0.717, 1.165) is 19.5 Å². The molecule has 4 aromatic rings. The van der Waals surface area contributed by atoms with E-state index in [9.17, 15) is 5.11 Å². The van der Waals surface area contributed by atoms with Crippen molar-refractivity contribution in [2.24, 2.45) is 0 Å². The summed E-state index contributed by atoms with van der Waals surface area (Å²) in [5.74, 6) is 0.119. The van der Waals surface area contributed by atoms with Crippen LogP contribution in [0.2, 0.25) is 0 Å². The number of benzene rings is 4. The molecule has 5 rings (SSSR count). The average Bonchev–Trinajstić information content (AvgIpc) is 2.80. The molecule has 150 valence electrons. The number of likely N-dealkylation sites (tertiary alicyclic amines) is 1. The maximum absolute atomic E-state index is 11.7. The second kappa shape index (κ2) is 8.43. The highest BCUT2D eigenvalue weighted by Gasteiger charge is 2.39. The average molecular weight is 394 g/mol. The molecule has 1 aliphatic rings. The topological polar surface area (TPSA) is 23.5 Å². The van der Waals surface area contributed by atoms with Crippen molar-refractivity contribution in [2.45, 2.75) is 31.0 Å². The largest absolute Gasteiger partial charge is 0.390 e. The van der Waals surface area contributed by atoms with Crippen LogP contribution in [-0.2, 0) is 6.54 Å². The minimum atomic E-state index is -0.462. The van der Waals surface area contributed by atoms with E-state index < -0.39 is 6.10 Å².